The summed E-state index contributed by atoms with van der Waals surface area (Å²) in [6, 6.07) is 9.22. The molecule has 1 fully saturated rings. The lowest BCUT2D eigenvalue weighted by molar-refractivity contribution is -0.144. The monoisotopic (exact) mass is 293 g/mol. The van der Waals surface area contributed by atoms with Crippen molar-refractivity contribution in [1.29, 1.82) is 0 Å². The Balaban J connectivity index is 1.74. The van der Waals surface area contributed by atoms with Gasteiger partial charge in [0.15, 0.2) is 0 Å². The number of hydrogen-bond donors (Lipinski definition) is 2. The minimum absolute atomic E-state index is 0.187. The summed E-state index contributed by atoms with van der Waals surface area (Å²) < 4.78 is 10.4. The van der Waals surface area contributed by atoms with Crippen molar-refractivity contribution in [2.75, 3.05) is 6.61 Å². The molecule has 2 N–H and O–H groups in total. The maximum absolute atomic E-state index is 11.8. The van der Waals surface area contributed by atoms with E-state index in [9.17, 15) is 9.59 Å². The summed E-state index contributed by atoms with van der Waals surface area (Å²) in [5, 5.41) is 11.4. The molecule has 1 aliphatic rings. The summed E-state index contributed by atoms with van der Waals surface area (Å²) in [5.74, 6) is -1.01. The maximum atomic E-state index is 11.8. The third-order valence-electron chi connectivity index (χ3n) is 3.39. The van der Waals surface area contributed by atoms with Crippen LogP contribution in [0.3, 0.4) is 0 Å². The van der Waals surface area contributed by atoms with Gasteiger partial charge in [0.1, 0.15) is 13.2 Å². The van der Waals surface area contributed by atoms with Crippen LogP contribution >= 0.6 is 0 Å². The SMILES string of the molecule is O=C(O)CO[C@H]1CCC[C@@H]1NC(=O)OCc1ccccc1. The Morgan fingerprint density at radius 2 is 2.00 bits per heavy atom. The summed E-state index contributed by atoms with van der Waals surface area (Å²) in [6.45, 7) is -0.137. The van der Waals surface area contributed by atoms with Gasteiger partial charge in [-0.05, 0) is 24.8 Å². The van der Waals surface area contributed by atoms with Crippen LogP contribution in [0.25, 0.3) is 0 Å². The first-order chi connectivity index (χ1) is 10.1. The smallest absolute Gasteiger partial charge is 0.407 e. The lowest BCUT2D eigenvalue weighted by atomic mass is 10.2. The van der Waals surface area contributed by atoms with Crippen LogP contribution < -0.4 is 5.32 Å². The van der Waals surface area contributed by atoms with Gasteiger partial charge in [0.2, 0.25) is 0 Å². The Labute approximate surface area is 123 Å². The predicted octanol–water partition coefficient (Wildman–Crippen LogP) is 1.94. The van der Waals surface area contributed by atoms with E-state index in [-0.39, 0.29) is 25.4 Å². The van der Waals surface area contributed by atoms with Crippen molar-refractivity contribution in [3.8, 4) is 0 Å². The van der Waals surface area contributed by atoms with E-state index in [0.717, 1.165) is 24.8 Å². The minimum Gasteiger partial charge on any atom is -0.480 e. The van der Waals surface area contributed by atoms with Gasteiger partial charge in [0.05, 0.1) is 12.1 Å². The quantitative estimate of drug-likeness (QED) is 0.837. The van der Waals surface area contributed by atoms with E-state index in [4.69, 9.17) is 14.6 Å². The molecule has 2 rings (SSSR count). The zero-order valence-corrected chi connectivity index (χ0v) is 11.7. The number of carbonyl (C=O) groups excluding carboxylic acids is 1. The summed E-state index contributed by atoms with van der Waals surface area (Å²) >= 11 is 0. The van der Waals surface area contributed by atoms with Gasteiger partial charge >= 0.3 is 12.1 Å². The first-order valence-corrected chi connectivity index (χ1v) is 6.96. The Bertz CT molecular complexity index is 476. The molecule has 0 aromatic heterocycles. The van der Waals surface area contributed by atoms with Crippen molar-refractivity contribution < 1.29 is 24.2 Å². The van der Waals surface area contributed by atoms with Crippen LogP contribution in [0.2, 0.25) is 0 Å². The molecule has 6 nitrogen and oxygen atoms in total. The highest BCUT2D eigenvalue weighted by atomic mass is 16.5. The van der Waals surface area contributed by atoms with E-state index in [1.165, 1.54) is 0 Å². The number of hydrogen-bond acceptors (Lipinski definition) is 4. The number of carbonyl (C=O) groups is 2. The fourth-order valence-corrected chi connectivity index (χ4v) is 2.39. The van der Waals surface area contributed by atoms with E-state index in [2.05, 4.69) is 5.32 Å². The van der Waals surface area contributed by atoms with Crippen LogP contribution in [0.4, 0.5) is 4.79 Å². The highest BCUT2D eigenvalue weighted by molar-refractivity contribution is 5.68. The molecule has 114 valence electrons. The molecule has 1 aromatic rings. The number of carboxylic acid groups (broad SMARTS) is 1. The molecule has 6 heteroatoms. The summed E-state index contributed by atoms with van der Waals surface area (Å²) in [6.07, 6.45) is 1.65. The van der Waals surface area contributed by atoms with Crippen molar-refractivity contribution in [3.05, 3.63) is 35.9 Å². The molecule has 2 atom stereocenters. The van der Waals surface area contributed by atoms with Crippen molar-refractivity contribution in [1.82, 2.24) is 5.32 Å². The number of ether oxygens (including phenoxy) is 2. The van der Waals surface area contributed by atoms with Crippen LogP contribution in [-0.2, 0) is 20.9 Å². The standard InChI is InChI=1S/C15H19NO5/c17-14(18)10-20-13-8-4-7-12(13)16-15(19)21-9-11-5-2-1-3-6-11/h1-3,5-6,12-13H,4,7-10H2,(H,16,19)(H,17,18)/t12-,13-/m0/s1. The normalized spacial score (nSPS) is 21.0. The van der Waals surface area contributed by atoms with Gasteiger partial charge in [-0.3, -0.25) is 0 Å². The molecule has 0 heterocycles. The minimum atomic E-state index is -1.01. The highest BCUT2D eigenvalue weighted by Gasteiger charge is 2.30. The number of rotatable bonds is 6. The van der Waals surface area contributed by atoms with Gasteiger partial charge in [-0.1, -0.05) is 30.3 Å². The molecule has 1 saturated carbocycles. The largest absolute Gasteiger partial charge is 0.480 e. The molecule has 1 aromatic carbocycles. The van der Waals surface area contributed by atoms with E-state index < -0.39 is 12.1 Å². The van der Waals surface area contributed by atoms with E-state index in [0.29, 0.717) is 0 Å². The molecular formula is C15H19NO5. The van der Waals surface area contributed by atoms with E-state index in [1.54, 1.807) is 0 Å². The lowest BCUT2D eigenvalue weighted by Crippen LogP contribution is -2.41. The average molecular weight is 293 g/mol. The van der Waals surface area contributed by atoms with Gasteiger partial charge in [0, 0.05) is 0 Å². The molecule has 1 aliphatic carbocycles. The summed E-state index contributed by atoms with van der Waals surface area (Å²) in [4.78, 5) is 22.3. The predicted molar refractivity (Wildman–Crippen MR) is 74.8 cm³/mol. The molecule has 0 bridgehead atoms. The van der Waals surface area contributed by atoms with E-state index >= 15 is 0 Å². The van der Waals surface area contributed by atoms with Crippen molar-refractivity contribution in [2.24, 2.45) is 0 Å². The third-order valence-corrected chi connectivity index (χ3v) is 3.39. The Kier molecular flexibility index (Phi) is 5.57. The zero-order chi connectivity index (χ0) is 15.1. The Morgan fingerprint density at radius 3 is 2.71 bits per heavy atom. The zero-order valence-electron chi connectivity index (χ0n) is 11.7. The van der Waals surface area contributed by atoms with Gasteiger partial charge in [0.25, 0.3) is 0 Å². The van der Waals surface area contributed by atoms with Crippen LogP contribution in [0, 0.1) is 0 Å². The first-order valence-electron chi connectivity index (χ1n) is 6.96. The molecule has 1 amide bonds. The number of amides is 1. The number of aliphatic carboxylic acids is 1. The summed E-state index contributed by atoms with van der Waals surface area (Å²) in [7, 11) is 0. The topological polar surface area (TPSA) is 84.9 Å². The second-order valence-electron chi connectivity index (χ2n) is 4.99. The number of benzene rings is 1. The molecule has 0 unspecified atom stereocenters. The van der Waals surface area contributed by atoms with Gasteiger partial charge in [-0.2, -0.15) is 0 Å². The fraction of sp³-hybridized carbons (Fsp3) is 0.467. The molecule has 21 heavy (non-hydrogen) atoms. The van der Waals surface area contributed by atoms with Crippen LogP contribution in [0.5, 0.6) is 0 Å². The molecule has 0 radical (unpaired) electrons. The summed E-state index contributed by atoms with van der Waals surface area (Å²) in [5.41, 5.74) is 0.915. The maximum Gasteiger partial charge on any atom is 0.407 e. The van der Waals surface area contributed by atoms with Crippen molar-refractivity contribution in [2.45, 2.75) is 38.0 Å². The van der Waals surface area contributed by atoms with Crippen LogP contribution in [-0.4, -0.2) is 35.9 Å². The van der Waals surface area contributed by atoms with Crippen molar-refractivity contribution in [3.63, 3.8) is 0 Å². The highest BCUT2D eigenvalue weighted by Crippen LogP contribution is 2.22. The van der Waals surface area contributed by atoms with Crippen LogP contribution in [0.15, 0.2) is 30.3 Å². The molecular weight excluding hydrogens is 274 g/mol. The second-order valence-corrected chi connectivity index (χ2v) is 4.99. The fourth-order valence-electron chi connectivity index (χ4n) is 2.39. The number of nitrogens with one attached hydrogen (secondary N) is 1. The molecule has 0 spiro atoms. The number of carboxylic acids is 1. The van der Waals surface area contributed by atoms with Crippen molar-refractivity contribution >= 4 is 12.1 Å². The lowest BCUT2D eigenvalue weighted by Gasteiger charge is -2.20. The first kappa shape index (κ1) is 15.3. The second kappa shape index (κ2) is 7.64. The van der Waals surface area contributed by atoms with Gasteiger partial charge < -0.3 is 19.9 Å². The van der Waals surface area contributed by atoms with E-state index in [1.807, 2.05) is 30.3 Å². The van der Waals surface area contributed by atoms with Gasteiger partial charge in [-0.15, -0.1) is 0 Å². The van der Waals surface area contributed by atoms with Gasteiger partial charge in [-0.25, -0.2) is 9.59 Å². The number of alkyl carbamates (subject to hydrolysis) is 1. The Hall–Kier alpha value is -2.08. The Morgan fingerprint density at radius 1 is 1.24 bits per heavy atom. The van der Waals surface area contributed by atoms with Crippen LogP contribution in [0.1, 0.15) is 24.8 Å². The molecule has 0 saturated heterocycles. The average Bonchev–Trinajstić information content (AvgIpc) is 2.91. The third kappa shape index (κ3) is 5.07. The molecule has 0 aliphatic heterocycles.